The van der Waals surface area contributed by atoms with E-state index in [0.717, 1.165) is 56.0 Å². The van der Waals surface area contributed by atoms with Gasteiger partial charge in [-0.15, -0.1) is 0 Å². The average molecular weight is 562 g/mol. The van der Waals surface area contributed by atoms with Crippen molar-refractivity contribution in [2.45, 2.75) is 64.4 Å². The molecule has 7 rings (SSSR count). The van der Waals surface area contributed by atoms with Gasteiger partial charge in [-0.05, 0) is 93.2 Å². The minimum atomic E-state index is -0.222. The number of ether oxygens (including phenoxy) is 4. The lowest BCUT2D eigenvalue weighted by molar-refractivity contribution is -0.145. The summed E-state index contributed by atoms with van der Waals surface area (Å²) in [5, 5.41) is 0. The van der Waals surface area contributed by atoms with Crippen molar-refractivity contribution < 1.29 is 28.1 Å². The number of carbonyl (C=O) groups excluding carboxylic acids is 1. The summed E-state index contributed by atoms with van der Waals surface area (Å²) in [6.07, 6.45) is 6.54. The molecule has 2 aliphatic carbocycles. The second-order valence-corrected chi connectivity index (χ2v) is 13.1. The van der Waals surface area contributed by atoms with Crippen LogP contribution >= 0.6 is 0 Å². The van der Waals surface area contributed by atoms with Gasteiger partial charge in [-0.1, -0.05) is 30.2 Å². The highest BCUT2D eigenvalue weighted by Crippen LogP contribution is 2.55. The monoisotopic (exact) mass is 561 g/mol. The van der Waals surface area contributed by atoms with E-state index < -0.39 is 0 Å². The summed E-state index contributed by atoms with van der Waals surface area (Å²) >= 11 is 0. The second-order valence-electron chi connectivity index (χ2n) is 13.1. The molecule has 0 bridgehead atoms. The Morgan fingerprint density at radius 2 is 1.95 bits per heavy atom. The molecule has 0 radical (unpaired) electrons. The Morgan fingerprint density at radius 3 is 2.80 bits per heavy atom. The molecule has 0 aromatic heterocycles. The van der Waals surface area contributed by atoms with Crippen LogP contribution in [0.5, 0.6) is 17.2 Å². The third kappa shape index (κ3) is 5.11. The topological polar surface area (TPSA) is 57.2 Å². The van der Waals surface area contributed by atoms with Gasteiger partial charge in [0.2, 0.25) is 6.79 Å². The maximum atomic E-state index is 13.7. The fraction of sp³-hybridized carbons (Fsp3) is 0.559. The maximum Gasteiger partial charge on any atom is 0.310 e. The number of rotatable bonds is 6. The number of allylic oxidation sites excluding steroid dienone is 2. The molecule has 2 saturated heterocycles. The summed E-state index contributed by atoms with van der Waals surface area (Å²) < 4.78 is 37.1. The zero-order chi connectivity index (χ0) is 28.1. The molecule has 3 heterocycles. The number of likely N-dealkylation sites (tertiary alicyclic amines) is 1. The number of nitrogens with zero attached hydrogens (tertiary/aromatic N) is 1. The molecule has 6 atom stereocenters. The summed E-state index contributed by atoms with van der Waals surface area (Å²) in [5.41, 5.74) is 4.45. The van der Waals surface area contributed by atoms with E-state index >= 15 is 0 Å². The lowest BCUT2D eigenvalue weighted by Gasteiger charge is -2.46. The fourth-order valence-electron chi connectivity index (χ4n) is 8.36. The predicted octanol–water partition coefficient (Wildman–Crippen LogP) is 6.50. The van der Waals surface area contributed by atoms with Crippen LogP contribution in [0.15, 0.2) is 53.6 Å². The van der Waals surface area contributed by atoms with Crippen LogP contribution in [0.25, 0.3) is 0 Å². The van der Waals surface area contributed by atoms with Crippen LogP contribution in [-0.4, -0.2) is 50.0 Å². The first kappa shape index (κ1) is 26.8. The molecule has 6 unspecified atom stereocenters. The SMILES string of the molecule is CC1=C2CC3C(CC2(C)CCC1)OC(=O)C3CN1CCC(c2ccc(F)cc2)C(COc2ccc3c(c2)OCO3)C1. The van der Waals surface area contributed by atoms with Crippen molar-refractivity contribution in [3.63, 3.8) is 0 Å². The van der Waals surface area contributed by atoms with Crippen molar-refractivity contribution in [1.82, 2.24) is 4.90 Å². The highest BCUT2D eigenvalue weighted by molar-refractivity contribution is 5.76. The van der Waals surface area contributed by atoms with E-state index in [-0.39, 0.29) is 53.8 Å². The number of benzene rings is 2. The first-order chi connectivity index (χ1) is 19.9. The summed E-state index contributed by atoms with van der Waals surface area (Å²) in [4.78, 5) is 15.7. The van der Waals surface area contributed by atoms with Crippen LogP contribution < -0.4 is 14.2 Å². The second kappa shape index (κ2) is 10.6. The number of hydrogen-bond donors (Lipinski definition) is 0. The Kier molecular flexibility index (Phi) is 6.96. The van der Waals surface area contributed by atoms with Gasteiger partial charge in [0, 0.05) is 31.0 Å². The maximum absolute atomic E-state index is 13.7. The predicted molar refractivity (Wildman–Crippen MR) is 152 cm³/mol. The van der Waals surface area contributed by atoms with Crippen molar-refractivity contribution >= 4 is 5.97 Å². The third-order valence-corrected chi connectivity index (χ3v) is 10.6. The van der Waals surface area contributed by atoms with Crippen LogP contribution in [-0.2, 0) is 9.53 Å². The van der Waals surface area contributed by atoms with Crippen LogP contribution in [0.4, 0.5) is 4.39 Å². The molecule has 0 amide bonds. The normalized spacial score (nSPS) is 32.9. The molecular weight excluding hydrogens is 521 g/mol. The Hall–Kier alpha value is -3.06. The number of carbonyl (C=O) groups is 1. The molecule has 0 spiro atoms. The lowest BCUT2D eigenvalue weighted by atomic mass is 9.59. The summed E-state index contributed by atoms with van der Waals surface area (Å²) in [6, 6.07) is 12.6. The Bertz CT molecular complexity index is 1340. The zero-order valence-corrected chi connectivity index (χ0v) is 24.1. The highest BCUT2D eigenvalue weighted by atomic mass is 19.1. The van der Waals surface area contributed by atoms with E-state index in [4.69, 9.17) is 18.9 Å². The van der Waals surface area contributed by atoms with Crippen molar-refractivity contribution in [3.05, 3.63) is 65.0 Å². The van der Waals surface area contributed by atoms with E-state index in [0.29, 0.717) is 12.4 Å². The molecule has 3 fully saturated rings. The molecule has 6 nitrogen and oxygen atoms in total. The molecule has 218 valence electrons. The summed E-state index contributed by atoms with van der Waals surface area (Å²) in [5.74, 6) is 2.53. The van der Waals surface area contributed by atoms with Gasteiger partial charge in [0.1, 0.15) is 17.7 Å². The largest absolute Gasteiger partial charge is 0.493 e. The molecule has 2 aromatic carbocycles. The first-order valence-electron chi connectivity index (χ1n) is 15.3. The molecular formula is C34H40FNO5. The Balaban J connectivity index is 1.07. The van der Waals surface area contributed by atoms with Gasteiger partial charge in [-0.25, -0.2) is 4.39 Å². The van der Waals surface area contributed by atoms with E-state index in [2.05, 4.69) is 18.7 Å². The smallest absolute Gasteiger partial charge is 0.310 e. The van der Waals surface area contributed by atoms with Crippen LogP contribution in [0.3, 0.4) is 0 Å². The van der Waals surface area contributed by atoms with Gasteiger partial charge in [-0.2, -0.15) is 0 Å². The fourth-order valence-corrected chi connectivity index (χ4v) is 8.36. The van der Waals surface area contributed by atoms with Gasteiger partial charge in [0.05, 0.1) is 12.5 Å². The third-order valence-electron chi connectivity index (χ3n) is 10.6. The zero-order valence-electron chi connectivity index (χ0n) is 24.1. The molecule has 41 heavy (non-hydrogen) atoms. The number of halogens is 1. The van der Waals surface area contributed by atoms with E-state index in [1.807, 2.05) is 30.3 Å². The molecule has 7 heteroatoms. The van der Waals surface area contributed by atoms with Gasteiger partial charge in [0.25, 0.3) is 0 Å². The van der Waals surface area contributed by atoms with Crippen LogP contribution in [0.1, 0.15) is 63.9 Å². The van der Waals surface area contributed by atoms with E-state index in [9.17, 15) is 9.18 Å². The lowest BCUT2D eigenvalue weighted by Crippen LogP contribution is -2.46. The Labute approximate surface area is 241 Å². The van der Waals surface area contributed by atoms with Crippen LogP contribution in [0.2, 0.25) is 0 Å². The van der Waals surface area contributed by atoms with Crippen molar-refractivity contribution in [2.24, 2.45) is 23.2 Å². The number of fused-ring (bicyclic) bond motifs is 3. The molecule has 1 saturated carbocycles. The first-order valence-corrected chi connectivity index (χ1v) is 15.3. The Morgan fingerprint density at radius 1 is 1.12 bits per heavy atom. The standard InChI is InChI=1S/C34H40FNO5/c1-21-4-3-12-34(2)16-32-27(15-29(21)34)28(33(37)41-32)18-36-13-11-26(22-5-7-24(35)8-6-22)23(17-36)19-38-25-9-10-30-31(14-25)40-20-39-30/h5-10,14,23,26-28,32H,3-4,11-13,15-20H2,1-2H3. The minimum absolute atomic E-state index is 0.0192. The molecule has 0 N–H and O–H groups in total. The number of piperidine rings is 1. The van der Waals surface area contributed by atoms with Crippen molar-refractivity contribution in [3.8, 4) is 17.2 Å². The highest BCUT2D eigenvalue weighted by Gasteiger charge is 2.53. The van der Waals surface area contributed by atoms with Gasteiger partial charge >= 0.3 is 5.97 Å². The van der Waals surface area contributed by atoms with Gasteiger partial charge in [-0.3, -0.25) is 4.79 Å². The van der Waals surface area contributed by atoms with Crippen molar-refractivity contribution in [1.29, 1.82) is 0 Å². The van der Waals surface area contributed by atoms with E-state index in [1.54, 1.807) is 17.7 Å². The van der Waals surface area contributed by atoms with Gasteiger partial charge < -0.3 is 23.8 Å². The quantitative estimate of drug-likeness (QED) is 0.297. The van der Waals surface area contributed by atoms with E-state index in [1.165, 1.54) is 24.8 Å². The summed E-state index contributed by atoms with van der Waals surface area (Å²) in [6.45, 7) is 7.85. The minimum Gasteiger partial charge on any atom is -0.493 e. The number of esters is 1. The van der Waals surface area contributed by atoms with Crippen molar-refractivity contribution in [2.75, 3.05) is 33.0 Å². The average Bonchev–Trinajstić information content (AvgIpc) is 3.54. The summed E-state index contributed by atoms with van der Waals surface area (Å²) in [7, 11) is 0. The van der Waals surface area contributed by atoms with Gasteiger partial charge in [0.15, 0.2) is 11.5 Å². The van der Waals surface area contributed by atoms with Crippen LogP contribution in [0, 0.1) is 29.0 Å². The molecule has 5 aliphatic rings. The molecule has 2 aromatic rings. The number of hydrogen-bond acceptors (Lipinski definition) is 6. The molecule has 3 aliphatic heterocycles.